The maximum atomic E-state index is 14.3. The van der Waals surface area contributed by atoms with Crippen LogP contribution in [0.3, 0.4) is 0 Å². The molecule has 0 aliphatic rings. The molecular formula is C24H20FN7O2. The summed E-state index contributed by atoms with van der Waals surface area (Å²) < 4.78 is 23.5. The number of aromatic nitrogens is 6. The predicted octanol–water partition coefficient (Wildman–Crippen LogP) is 3.90. The number of rotatable bonds is 6. The van der Waals surface area contributed by atoms with E-state index >= 15 is 0 Å². The molecule has 2 aromatic carbocycles. The smallest absolute Gasteiger partial charge is 0.259 e. The van der Waals surface area contributed by atoms with Gasteiger partial charge in [0.2, 0.25) is 0 Å². The van der Waals surface area contributed by atoms with Crippen LogP contribution in [0.1, 0.15) is 27.4 Å². The molecule has 3 aromatic heterocycles. The van der Waals surface area contributed by atoms with Gasteiger partial charge in [-0.15, -0.1) is 5.10 Å². The molecule has 0 radical (unpaired) electrons. The van der Waals surface area contributed by atoms with Crippen molar-refractivity contribution < 1.29 is 13.9 Å². The van der Waals surface area contributed by atoms with Crippen molar-refractivity contribution in [2.45, 2.75) is 20.5 Å². The number of fused-ring (bicyclic) bond motifs is 1. The molecule has 0 fully saturated rings. The second kappa shape index (κ2) is 8.74. The predicted molar refractivity (Wildman–Crippen MR) is 123 cm³/mol. The highest BCUT2D eigenvalue weighted by atomic mass is 19.1. The number of imidazole rings is 1. The quantitative estimate of drug-likeness (QED) is 0.415. The molecule has 0 aliphatic carbocycles. The molecule has 34 heavy (non-hydrogen) atoms. The average molecular weight is 457 g/mol. The first kappa shape index (κ1) is 21.3. The van der Waals surface area contributed by atoms with E-state index in [-0.39, 0.29) is 12.3 Å². The van der Waals surface area contributed by atoms with E-state index in [1.54, 1.807) is 31.2 Å². The number of anilines is 1. The van der Waals surface area contributed by atoms with E-state index in [1.807, 2.05) is 35.9 Å². The number of nitrogens with zero attached hydrogens (tertiary/aromatic N) is 6. The number of aryl methyl sites for hydroxylation is 2. The third-order valence-electron chi connectivity index (χ3n) is 5.29. The van der Waals surface area contributed by atoms with Gasteiger partial charge in [0.05, 0.1) is 11.3 Å². The molecule has 0 saturated carbocycles. The third kappa shape index (κ3) is 4.08. The van der Waals surface area contributed by atoms with Gasteiger partial charge in [-0.1, -0.05) is 18.2 Å². The van der Waals surface area contributed by atoms with Gasteiger partial charge in [-0.25, -0.2) is 9.37 Å². The molecule has 1 amide bonds. The summed E-state index contributed by atoms with van der Waals surface area (Å²) in [6.45, 7) is 3.85. The summed E-state index contributed by atoms with van der Waals surface area (Å²) in [5, 5.41) is 13.9. The van der Waals surface area contributed by atoms with Crippen LogP contribution in [-0.4, -0.2) is 35.5 Å². The summed E-state index contributed by atoms with van der Waals surface area (Å²) in [6.07, 6.45) is 3.82. The van der Waals surface area contributed by atoms with Crippen molar-refractivity contribution in [2.75, 3.05) is 5.32 Å². The van der Waals surface area contributed by atoms with Crippen molar-refractivity contribution >= 4 is 17.2 Å². The van der Waals surface area contributed by atoms with E-state index in [4.69, 9.17) is 4.74 Å². The number of carbonyl (C=O) groups is 1. The third-order valence-corrected chi connectivity index (χ3v) is 5.29. The molecule has 170 valence electrons. The van der Waals surface area contributed by atoms with E-state index in [0.29, 0.717) is 22.8 Å². The molecule has 5 aromatic rings. The van der Waals surface area contributed by atoms with Crippen molar-refractivity contribution in [1.29, 1.82) is 0 Å². The van der Waals surface area contributed by atoms with Crippen LogP contribution >= 0.6 is 0 Å². The summed E-state index contributed by atoms with van der Waals surface area (Å²) in [5.41, 5.74) is 3.52. The number of para-hydroxylation sites is 1. The maximum absolute atomic E-state index is 14.3. The lowest BCUT2D eigenvalue weighted by Crippen LogP contribution is -2.14. The molecule has 0 unspecified atom stereocenters. The van der Waals surface area contributed by atoms with Crippen LogP contribution in [0, 0.1) is 19.7 Å². The lowest BCUT2D eigenvalue weighted by molar-refractivity contribution is 0.102. The van der Waals surface area contributed by atoms with Crippen LogP contribution in [-0.2, 0) is 6.61 Å². The zero-order chi connectivity index (χ0) is 23.7. The Balaban J connectivity index is 1.35. The Morgan fingerprint density at radius 3 is 2.76 bits per heavy atom. The maximum Gasteiger partial charge on any atom is 0.259 e. The van der Waals surface area contributed by atoms with Crippen molar-refractivity contribution in [1.82, 2.24) is 29.6 Å². The second-order valence-electron chi connectivity index (χ2n) is 7.70. The molecule has 5 rings (SSSR count). The van der Waals surface area contributed by atoms with Gasteiger partial charge in [-0.05, 0) is 66.2 Å². The lowest BCUT2D eigenvalue weighted by Gasteiger charge is -2.12. The van der Waals surface area contributed by atoms with Gasteiger partial charge in [-0.3, -0.25) is 4.79 Å². The van der Waals surface area contributed by atoms with E-state index in [0.717, 1.165) is 16.9 Å². The van der Waals surface area contributed by atoms with E-state index in [2.05, 4.69) is 25.8 Å². The molecule has 3 heterocycles. The minimum absolute atomic E-state index is 0.131. The van der Waals surface area contributed by atoms with Crippen LogP contribution in [0.25, 0.3) is 11.3 Å². The molecule has 10 heteroatoms. The largest absolute Gasteiger partial charge is 0.486 e. The first-order chi connectivity index (χ1) is 16.5. The fourth-order valence-electron chi connectivity index (χ4n) is 3.61. The number of benzene rings is 2. The number of hydrogen-bond acceptors (Lipinski definition) is 6. The lowest BCUT2D eigenvalue weighted by atomic mass is 10.1. The standard InChI is InChI=1S/C24H20FN7O2/c1-15-6-5-11-31-13-18(26-23(15)31)14-34-22-8-4-3-7-19(22)24(33)27-17-9-10-20(25)21(12-17)32-16(2)28-29-30-32/h3-13H,14H2,1-2H3,(H,27,33). The van der Waals surface area contributed by atoms with Gasteiger partial charge in [-0.2, -0.15) is 4.68 Å². The van der Waals surface area contributed by atoms with Gasteiger partial charge in [0.25, 0.3) is 5.91 Å². The SMILES string of the molecule is Cc1cccn2cc(COc3ccccc3C(=O)Nc3ccc(F)c(-n4nnnc4C)c3)nc12. The van der Waals surface area contributed by atoms with Crippen LogP contribution in [0.15, 0.2) is 67.0 Å². The van der Waals surface area contributed by atoms with E-state index < -0.39 is 11.7 Å². The molecule has 0 saturated heterocycles. The molecule has 0 bridgehead atoms. The molecule has 0 atom stereocenters. The Hall–Kier alpha value is -4.60. The highest BCUT2D eigenvalue weighted by molar-refractivity contribution is 6.06. The van der Waals surface area contributed by atoms with Gasteiger partial charge >= 0.3 is 0 Å². The molecule has 0 spiro atoms. The molecular weight excluding hydrogens is 437 g/mol. The van der Waals surface area contributed by atoms with Gasteiger partial charge in [0.15, 0.2) is 5.82 Å². The Kier molecular flexibility index (Phi) is 5.46. The van der Waals surface area contributed by atoms with Crippen molar-refractivity contribution in [3.05, 3.63) is 95.5 Å². The molecule has 0 aliphatic heterocycles. The zero-order valence-electron chi connectivity index (χ0n) is 18.4. The number of carbonyl (C=O) groups excluding carboxylic acids is 1. The molecule has 9 nitrogen and oxygen atoms in total. The van der Waals surface area contributed by atoms with Gasteiger partial charge in [0, 0.05) is 18.1 Å². The number of halogens is 1. The first-order valence-electron chi connectivity index (χ1n) is 10.5. The van der Waals surface area contributed by atoms with Crippen LogP contribution in [0.4, 0.5) is 10.1 Å². The normalized spacial score (nSPS) is 11.0. The van der Waals surface area contributed by atoms with Crippen LogP contribution in [0.5, 0.6) is 5.75 Å². The number of pyridine rings is 1. The summed E-state index contributed by atoms with van der Waals surface area (Å²) in [5.74, 6) is -0.0806. The second-order valence-corrected chi connectivity index (χ2v) is 7.70. The summed E-state index contributed by atoms with van der Waals surface area (Å²) in [6, 6.07) is 15.1. The van der Waals surface area contributed by atoms with Crippen LogP contribution < -0.4 is 10.1 Å². The number of tetrazole rings is 1. The Labute approximate surface area is 193 Å². The number of amides is 1. The summed E-state index contributed by atoms with van der Waals surface area (Å²) >= 11 is 0. The Morgan fingerprint density at radius 2 is 1.97 bits per heavy atom. The topological polar surface area (TPSA) is 99.2 Å². The zero-order valence-corrected chi connectivity index (χ0v) is 18.4. The van der Waals surface area contributed by atoms with Gasteiger partial charge < -0.3 is 14.5 Å². The first-order valence-corrected chi connectivity index (χ1v) is 10.5. The summed E-state index contributed by atoms with van der Waals surface area (Å²) in [4.78, 5) is 17.6. The van der Waals surface area contributed by atoms with E-state index in [1.165, 1.54) is 22.9 Å². The molecule has 1 N–H and O–H groups in total. The number of hydrogen-bond donors (Lipinski definition) is 1. The highest BCUT2D eigenvalue weighted by Crippen LogP contribution is 2.23. The van der Waals surface area contributed by atoms with Crippen LogP contribution in [0.2, 0.25) is 0 Å². The average Bonchev–Trinajstić information content (AvgIpc) is 3.46. The van der Waals surface area contributed by atoms with Crippen molar-refractivity contribution in [3.8, 4) is 11.4 Å². The Morgan fingerprint density at radius 1 is 1.12 bits per heavy atom. The summed E-state index contributed by atoms with van der Waals surface area (Å²) in [7, 11) is 0. The minimum Gasteiger partial charge on any atom is -0.486 e. The Bertz CT molecular complexity index is 1510. The highest BCUT2D eigenvalue weighted by Gasteiger charge is 2.16. The monoisotopic (exact) mass is 457 g/mol. The fraction of sp³-hybridized carbons (Fsp3) is 0.125. The minimum atomic E-state index is -0.514. The number of nitrogens with one attached hydrogen (secondary N) is 1. The fourth-order valence-corrected chi connectivity index (χ4v) is 3.61. The van der Waals surface area contributed by atoms with Crippen molar-refractivity contribution in [3.63, 3.8) is 0 Å². The van der Waals surface area contributed by atoms with Gasteiger partial charge in [0.1, 0.15) is 29.5 Å². The van der Waals surface area contributed by atoms with E-state index in [9.17, 15) is 9.18 Å². The van der Waals surface area contributed by atoms with Crippen molar-refractivity contribution in [2.24, 2.45) is 0 Å². The number of ether oxygens (including phenoxy) is 1.